The van der Waals surface area contributed by atoms with E-state index < -0.39 is 0 Å². The Morgan fingerprint density at radius 3 is 2.38 bits per heavy atom. The Balaban J connectivity index is 0. The molecule has 1 unspecified atom stereocenters. The van der Waals surface area contributed by atoms with Gasteiger partial charge in [0.05, 0.1) is 0 Å². The SMILES string of the molecule is CCCCC(CC)C(=O)NCCCNC.Cl. The molecule has 2 N–H and O–H groups in total. The molecule has 0 aromatic rings. The van der Waals surface area contributed by atoms with Gasteiger partial charge in [0.1, 0.15) is 0 Å². The fraction of sp³-hybridized carbons (Fsp3) is 0.917. The van der Waals surface area contributed by atoms with E-state index in [1.165, 1.54) is 6.42 Å². The molecule has 0 aliphatic rings. The van der Waals surface area contributed by atoms with E-state index in [-0.39, 0.29) is 24.2 Å². The van der Waals surface area contributed by atoms with Gasteiger partial charge in [-0.3, -0.25) is 4.79 Å². The van der Waals surface area contributed by atoms with E-state index in [2.05, 4.69) is 24.5 Å². The van der Waals surface area contributed by atoms with Crippen molar-refractivity contribution in [1.29, 1.82) is 0 Å². The highest BCUT2D eigenvalue weighted by molar-refractivity contribution is 5.85. The second-order valence-electron chi connectivity index (χ2n) is 4.00. The second kappa shape index (κ2) is 12.8. The highest BCUT2D eigenvalue weighted by Crippen LogP contribution is 2.12. The Kier molecular flexibility index (Phi) is 14.5. The zero-order chi connectivity index (χ0) is 11.5. The van der Waals surface area contributed by atoms with Gasteiger partial charge in [0, 0.05) is 12.5 Å². The molecule has 1 atom stereocenters. The van der Waals surface area contributed by atoms with Crippen LogP contribution < -0.4 is 10.6 Å². The lowest BCUT2D eigenvalue weighted by Gasteiger charge is -2.14. The van der Waals surface area contributed by atoms with Crippen LogP contribution in [0.1, 0.15) is 46.0 Å². The summed E-state index contributed by atoms with van der Waals surface area (Å²) in [4.78, 5) is 11.7. The number of carbonyl (C=O) groups excluding carboxylic acids is 1. The first-order valence-electron chi connectivity index (χ1n) is 6.18. The van der Waals surface area contributed by atoms with Crippen LogP contribution in [0.15, 0.2) is 0 Å². The third-order valence-corrected chi connectivity index (χ3v) is 2.67. The fourth-order valence-electron chi connectivity index (χ4n) is 1.59. The van der Waals surface area contributed by atoms with Gasteiger partial charge < -0.3 is 10.6 Å². The van der Waals surface area contributed by atoms with Crippen molar-refractivity contribution < 1.29 is 4.79 Å². The molecule has 0 fully saturated rings. The van der Waals surface area contributed by atoms with Crippen molar-refractivity contribution in [3.05, 3.63) is 0 Å². The van der Waals surface area contributed by atoms with Crippen LogP contribution in [0, 0.1) is 5.92 Å². The minimum atomic E-state index is 0. The molecule has 3 nitrogen and oxygen atoms in total. The molecule has 0 bridgehead atoms. The summed E-state index contributed by atoms with van der Waals surface area (Å²) in [5.74, 6) is 0.460. The van der Waals surface area contributed by atoms with Gasteiger partial charge in [0.25, 0.3) is 0 Å². The minimum Gasteiger partial charge on any atom is -0.356 e. The molecule has 0 radical (unpaired) electrons. The van der Waals surface area contributed by atoms with Crippen molar-refractivity contribution in [1.82, 2.24) is 10.6 Å². The number of rotatable bonds is 9. The lowest BCUT2D eigenvalue weighted by atomic mass is 9.98. The van der Waals surface area contributed by atoms with Crippen molar-refractivity contribution in [2.24, 2.45) is 5.92 Å². The van der Waals surface area contributed by atoms with E-state index in [4.69, 9.17) is 0 Å². The molecule has 0 aliphatic heterocycles. The first-order chi connectivity index (χ1) is 7.26. The van der Waals surface area contributed by atoms with Crippen LogP contribution >= 0.6 is 12.4 Å². The van der Waals surface area contributed by atoms with E-state index in [1.54, 1.807) is 0 Å². The summed E-state index contributed by atoms with van der Waals surface area (Å²) >= 11 is 0. The number of hydrogen-bond acceptors (Lipinski definition) is 2. The molecule has 0 heterocycles. The monoisotopic (exact) mass is 250 g/mol. The molecule has 0 spiro atoms. The Morgan fingerprint density at radius 2 is 1.88 bits per heavy atom. The van der Waals surface area contributed by atoms with Crippen molar-refractivity contribution >= 4 is 18.3 Å². The number of hydrogen-bond donors (Lipinski definition) is 2. The maximum Gasteiger partial charge on any atom is 0.223 e. The third kappa shape index (κ3) is 8.98. The summed E-state index contributed by atoms with van der Waals surface area (Å²) < 4.78 is 0. The van der Waals surface area contributed by atoms with Crippen LogP contribution in [0.25, 0.3) is 0 Å². The number of amides is 1. The van der Waals surface area contributed by atoms with Crippen molar-refractivity contribution in [3.8, 4) is 0 Å². The Labute approximate surface area is 106 Å². The van der Waals surface area contributed by atoms with Crippen molar-refractivity contribution in [2.75, 3.05) is 20.1 Å². The molecule has 0 aromatic carbocycles. The highest BCUT2D eigenvalue weighted by atomic mass is 35.5. The number of carbonyl (C=O) groups is 1. The second-order valence-corrected chi connectivity index (χ2v) is 4.00. The van der Waals surface area contributed by atoms with Gasteiger partial charge in [0.2, 0.25) is 5.91 Å². The average Bonchev–Trinajstić information content (AvgIpc) is 2.25. The number of nitrogens with one attached hydrogen (secondary N) is 2. The predicted molar refractivity (Wildman–Crippen MR) is 72.1 cm³/mol. The molecular weight excluding hydrogens is 224 g/mol. The lowest BCUT2D eigenvalue weighted by molar-refractivity contribution is -0.125. The molecule has 98 valence electrons. The molecule has 0 saturated heterocycles. The van der Waals surface area contributed by atoms with Gasteiger partial charge in [-0.25, -0.2) is 0 Å². The summed E-state index contributed by atoms with van der Waals surface area (Å²) in [7, 11) is 1.93. The number of unbranched alkanes of at least 4 members (excludes halogenated alkanes) is 1. The number of halogens is 1. The molecule has 0 rings (SSSR count). The van der Waals surface area contributed by atoms with Crippen LogP contribution in [0.3, 0.4) is 0 Å². The van der Waals surface area contributed by atoms with Gasteiger partial charge >= 0.3 is 0 Å². The molecule has 0 aliphatic carbocycles. The fourth-order valence-corrected chi connectivity index (χ4v) is 1.59. The molecule has 1 amide bonds. The maximum atomic E-state index is 11.7. The summed E-state index contributed by atoms with van der Waals surface area (Å²) in [6, 6.07) is 0. The van der Waals surface area contributed by atoms with Gasteiger partial charge in [-0.15, -0.1) is 12.4 Å². The summed E-state index contributed by atoms with van der Waals surface area (Å²) in [6.07, 6.45) is 5.32. The largest absolute Gasteiger partial charge is 0.356 e. The third-order valence-electron chi connectivity index (χ3n) is 2.67. The summed E-state index contributed by atoms with van der Waals surface area (Å²) in [5, 5.41) is 6.07. The normalized spacial score (nSPS) is 11.7. The zero-order valence-corrected chi connectivity index (χ0v) is 11.7. The van der Waals surface area contributed by atoms with Gasteiger partial charge in [-0.2, -0.15) is 0 Å². The minimum absolute atomic E-state index is 0. The van der Waals surface area contributed by atoms with Crippen LogP contribution in [-0.2, 0) is 4.79 Å². The smallest absolute Gasteiger partial charge is 0.223 e. The van der Waals surface area contributed by atoms with Crippen molar-refractivity contribution in [2.45, 2.75) is 46.0 Å². The zero-order valence-electron chi connectivity index (χ0n) is 10.8. The van der Waals surface area contributed by atoms with Crippen molar-refractivity contribution in [3.63, 3.8) is 0 Å². The quantitative estimate of drug-likeness (QED) is 0.617. The standard InChI is InChI=1S/C12H26N2O.ClH/c1-4-6-8-11(5-2)12(15)14-10-7-9-13-3;/h11,13H,4-10H2,1-3H3,(H,14,15);1H. The predicted octanol–water partition coefficient (Wildman–Crippen LogP) is 2.35. The average molecular weight is 251 g/mol. The van der Waals surface area contributed by atoms with E-state index >= 15 is 0 Å². The van der Waals surface area contributed by atoms with Crippen LogP contribution in [0.5, 0.6) is 0 Å². The van der Waals surface area contributed by atoms with Gasteiger partial charge in [-0.05, 0) is 32.9 Å². The first kappa shape index (κ1) is 18.1. The van der Waals surface area contributed by atoms with E-state index in [0.717, 1.165) is 38.8 Å². The molecule has 0 aromatic heterocycles. The first-order valence-corrected chi connectivity index (χ1v) is 6.18. The topological polar surface area (TPSA) is 41.1 Å². The molecule has 0 saturated carbocycles. The van der Waals surface area contributed by atoms with Gasteiger partial charge in [-0.1, -0.05) is 26.7 Å². The summed E-state index contributed by atoms with van der Waals surface area (Å²) in [6.45, 7) is 6.01. The molecular formula is C12H27ClN2O. The Hall–Kier alpha value is -0.280. The van der Waals surface area contributed by atoms with Crippen LogP contribution in [0.2, 0.25) is 0 Å². The lowest BCUT2D eigenvalue weighted by Crippen LogP contribution is -2.32. The van der Waals surface area contributed by atoms with E-state index in [0.29, 0.717) is 0 Å². The molecule has 4 heteroatoms. The molecule has 16 heavy (non-hydrogen) atoms. The van der Waals surface area contributed by atoms with E-state index in [9.17, 15) is 4.79 Å². The highest BCUT2D eigenvalue weighted by Gasteiger charge is 2.14. The Morgan fingerprint density at radius 1 is 1.19 bits per heavy atom. The van der Waals surface area contributed by atoms with Crippen LogP contribution in [0.4, 0.5) is 0 Å². The summed E-state index contributed by atoms with van der Waals surface area (Å²) in [5.41, 5.74) is 0. The van der Waals surface area contributed by atoms with E-state index in [1.807, 2.05) is 7.05 Å². The Bertz CT molecular complexity index is 165. The van der Waals surface area contributed by atoms with Gasteiger partial charge in [0.15, 0.2) is 0 Å². The van der Waals surface area contributed by atoms with Crippen LogP contribution in [-0.4, -0.2) is 26.0 Å². The maximum absolute atomic E-state index is 11.7.